The summed E-state index contributed by atoms with van der Waals surface area (Å²) >= 11 is 0. The van der Waals surface area contributed by atoms with Crippen molar-refractivity contribution in [2.45, 2.75) is 20.3 Å². The summed E-state index contributed by atoms with van der Waals surface area (Å²) < 4.78 is 10.3. The van der Waals surface area contributed by atoms with E-state index >= 15 is 0 Å². The van der Waals surface area contributed by atoms with Crippen LogP contribution in [-0.4, -0.2) is 32.1 Å². The molecule has 1 heterocycles. The van der Waals surface area contributed by atoms with Crippen LogP contribution in [0.3, 0.4) is 0 Å². The highest BCUT2D eigenvalue weighted by Crippen LogP contribution is 2.34. The molecule has 1 saturated heterocycles. The Balaban J connectivity index is 2.29. The number of hydrogen-bond acceptors (Lipinski definition) is 4. The molecular formula is C15H19NO4. The van der Waals surface area contributed by atoms with Gasteiger partial charge >= 0.3 is 5.97 Å². The average Bonchev–Trinajstić information content (AvgIpc) is 2.82. The van der Waals surface area contributed by atoms with Gasteiger partial charge in [-0.2, -0.15) is 0 Å². The zero-order valence-electron chi connectivity index (χ0n) is 12.0. The van der Waals surface area contributed by atoms with Crippen molar-refractivity contribution in [1.29, 1.82) is 0 Å². The van der Waals surface area contributed by atoms with Crippen molar-refractivity contribution in [3.63, 3.8) is 0 Å². The van der Waals surface area contributed by atoms with Crippen molar-refractivity contribution in [2.24, 2.45) is 5.92 Å². The maximum absolute atomic E-state index is 12.1. The molecule has 20 heavy (non-hydrogen) atoms. The first-order valence-electron chi connectivity index (χ1n) is 6.68. The average molecular weight is 277 g/mol. The van der Waals surface area contributed by atoms with Gasteiger partial charge in [0.05, 0.1) is 25.3 Å². The van der Waals surface area contributed by atoms with Gasteiger partial charge in [-0.25, -0.2) is 0 Å². The molecule has 0 spiro atoms. The van der Waals surface area contributed by atoms with E-state index in [0.717, 1.165) is 11.3 Å². The maximum Gasteiger partial charge on any atom is 0.311 e. The third-order valence-corrected chi connectivity index (χ3v) is 3.36. The van der Waals surface area contributed by atoms with Gasteiger partial charge in [0.2, 0.25) is 5.91 Å². The first-order valence-corrected chi connectivity index (χ1v) is 6.68. The fraction of sp³-hybridized carbons (Fsp3) is 0.467. The second-order valence-electron chi connectivity index (χ2n) is 4.83. The number of hydrogen-bond donors (Lipinski definition) is 0. The fourth-order valence-electron chi connectivity index (χ4n) is 2.38. The van der Waals surface area contributed by atoms with Crippen molar-refractivity contribution in [2.75, 3.05) is 25.2 Å². The Kier molecular flexibility index (Phi) is 4.27. The molecule has 1 fully saturated rings. The number of amides is 1. The summed E-state index contributed by atoms with van der Waals surface area (Å²) in [6, 6.07) is 5.70. The van der Waals surface area contributed by atoms with Crippen LogP contribution in [0.4, 0.5) is 5.69 Å². The molecule has 0 aliphatic carbocycles. The second-order valence-corrected chi connectivity index (χ2v) is 4.83. The number of methoxy groups -OCH3 is 1. The van der Waals surface area contributed by atoms with Crippen LogP contribution in [0.15, 0.2) is 18.2 Å². The maximum atomic E-state index is 12.1. The lowest BCUT2D eigenvalue weighted by atomic mass is 10.1. The summed E-state index contributed by atoms with van der Waals surface area (Å²) in [5, 5.41) is 0. The van der Waals surface area contributed by atoms with Gasteiger partial charge in [-0.3, -0.25) is 9.59 Å². The molecule has 1 aromatic carbocycles. The third-order valence-electron chi connectivity index (χ3n) is 3.36. The van der Waals surface area contributed by atoms with E-state index in [1.165, 1.54) is 7.11 Å². The van der Waals surface area contributed by atoms with Gasteiger partial charge in [0.15, 0.2) is 0 Å². The number of anilines is 1. The summed E-state index contributed by atoms with van der Waals surface area (Å²) in [6.45, 7) is 4.72. The monoisotopic (exact) mass is 277 g/mol. The minimum absolute atomic E-state index is 0.0769. The Bertz CT molecular complexity index is 527. The minimum Gasteiger partial charge on any atom is -0.492 e. The molecular weight excluding hydrogens is 258 g/mol. The number of carbonyl (C=O) groups excluding carboxylic acids is 2. The van der Waals surface area contributed by atoms with Crippen molar-refractivity contribution in [1.82, 2.24) is 0 Å². The molecule has 5 heteroatoms. The quantitative estimate of drug-likeness (QED) is 0.789. The van der Waals surface area contributed by atoms with Crippen LogP contribution in [0.5, 0.6) is 5.75 Å². The van der Waals surface area contributed by atoms with Gasteiger partial charge in [0.25, 0.3) is 0 Å². The number of rotatable bonds is 4. The van der Waals surface area contributed by atoms with Crippen LogP contribution in [0.25, 0.3) is 0 Å². The lowest BCUT2D eigenvalue weighted by Gasteiger charge is -2.20. The third kappa shape index (κ3) is 2.76. The largest absolute Gasteiger partial charge is 0.492 e. The normalized spacial score (nSPS) is 18.2. The lowest BCUT2D eigenvalue weighted by molar-refractivity contribution is -0.145. The number of nitrogens with zero attached hydrogens (tertiary/aromatic N) is 1. The first kappa shape index (κ1) is 14.4. The van der Waals surface area contributed by atoms with Gasteiger partial charge < -0.3 is 14.4 Å². The Hall–Kier alpha value is -2.04. The van der Waals surface area contributed by atoms with Crippen LogP contribution >= 0.6 is 0 Å². The summed E-state index contributed by atoms with van der Waals surface area (Å²) in [5.74, 6) is -0.155. The van der Waals surface area contributed by atoms with Gasteiger partial charge in [0.1, 0.15) is 5.75 Å². The Morgan fingerprint density at radius 2 is 2.20 bits per heavy atom. The number of ether oxygens (including phenoxy) is 2. The van der Waals surface area contributed by atoms with Gasteiger partial charge in [0, 0.05) is 13.0 Å². The van der Waals surface area contributed by atoms with E-state index in [-0.39, 0.29) is 18.3 Å². The molecule has 1 amide bonds. The van der Waals surface area contributed by atoms with Gasteiger partial charge in [-0.1, -0.05) is 6.07 Å². The van der Waals surface area contributed by atoms with E-state index in [1.807, 2.05) is 32.0 Å². The zero-order valence-corrected chi connectivity index (χ0v) is 12.0. The molecule has 0 aromatic heterocycles. The zero-order chi connectivity index (χ0) is 14.7. The van der Waals surface area contributed by atoms with Crippen molar-refractivity contribution in [3.05, 3.63) is 23.8 Å². The molecule has 0 radical (unpaired) electrons. The van der Waals surface area contributed by atoms with Crippen LogP contribution in [0.2, 0.25) is 0 Å². The molecule has 2 rings (SSSR count). The predicted octanol–water partition coefficient (Wildman–Crippen LogP) is 1.92. The molecule has 1 atom stereocenters. The fourth-order valence-corrected chi connectivity index (χ4v) is 2.38. The summed E-state index contributed by atoms with van der Waals surface area (Å²) in [7, 11) is 1.34. The van der Waals surface area contributed by atoms with Crippen LogP contribution in [0.1, 0.15) is 18.9 Å². The molecule has 0 N–H and O–H groups in total. The van der Waals surface area contributed by atoms with Crippen molar-refractivity contribution in [3.8, 4) is 5.75 Å². The molecule has 1 aromatic rings. The molecule has 5 nitrogen and oxygen atoms in total. The van der Waals surface area contributed by atoms with Gasteiger partial charge in [-0.15, -0.1) is 0 Å². The number of aryl methyl sites for hydroxylation is 1. The van der Waals surface area contributed by atoms with E-state index in [0.29, 0.717) is 18.9 Å². The molecule has 0 saturated carbocycles. The van der Waals surface area contributed by atoms with E-state index < -0.39 is 5.92 Å². The SMILES string of the molecule is CCOc1ccc(C)cc1N1CC(C(=O)OC)CC1=O. The molecule has 1 unspecified atom stereocenters. The highest BCUT2D eigenvalue weighted by Gasteiger charge is 2.36. The Morgan fingerprint density at radius 3 is 2.85 bits per heavy atom. The van der Waals surface area contributed by atoms with E-state index in [2.05, 4.69) is 0 Å². The topological polar surface area (TPSA) is 55.8 Å². The van der Waals surface area contributed by atoms with Crippen LogP contribution in [-0.2, 0) is 14.3 Å². The van der Waals surface area contributed by atoms with E-state index in [1.54, 1.807) is 4.90 Å². The predicted molar refractivity (Wildman–Crippen MR) is 74.8 cm³/mol. The highest BCUT2D eigenvalue weighted by atomic mass is 16.5. The Morgan fingerprint density at radius 1 is 1.45 bits per heavy atom. The van der Waals surface area contributed by atoms with Gasteiger partial charge in [-0.05, 0) is 31.5 Å². The summed E-state index contributed by atoms with van der Waals surface area (Å²) in [6.07, 6.45) is 0.187. The summed E-state index contributed by atoms with van der Waals surface area (Å²) in [5.41, 5.74) is 1.76. The molecule has 1 aliphatic heterocycles. The van der Waals surface area contributed by atoms with Crippen LogP contribution in [0, 0.1) is 12.8 Å². The number of carbonyl (C=O) groups is 2. The molecule has 0 bridgehead atoms. The number of benzene rings is 1. The minimum atomic E-state index is -0.400. The first-order chi connectivity index (χ1) is 9.56. The van der Waals surface area contributed by atoms with Crippen molar-refractivity contribution < 1.29 is 19.1 Å². The smallest absolute Gasteiger partial charge is 0.311 e. The van der Waals surface area contributed by atoms with Crippen molar-refractivity contribution >= 4 is 17.6 Å². The van der Waals surface area contributed by atoms with Crippen LogP contribution < -0.4 is 9.64 Å². The molecule has 108 valence electrons. The number of esters is 1. The Labute approximate surface area is 118 Å². The highest BCUT2D eigenvalue weighted by molar-refractivity contribution is 6.00. The van der Waals surface area contributed by atoms with E-state index in [9.17, 15) is 9.59 Å². The van der Waals surface area contributed by atoms with E-state index in [4.69, 9.17) is 9.47 Å². The molecule has 1 aliphatic rings. The standard InChI is InChI=1S/C15H19NO4/c1-4-20-13-6-5-10(2)7-12(13)16-9-11(8-14(16)17)15(18)19-3/h5-7,11H,4,8-9H2,1-3H3. The summed E-state index contributed by atoms with van der Waals surface area (Å²) in [4.78, 5) is 25.3. The second kappa shape index (κ2) is 5.94. The lowest BCUT2D eigenvalue weighted by Crippen LogP contribution is -2.26.